The quantitative estimate of drug-likeness (QED) is 0.750. The third-order valence-corrected chi connectivity index (χ3v) is 4.15. The zero-order valence-corrected chi connectivity index (χ0v) is 12.4. The van der Waals surface area contributed by atoms with E-state index in [-0.39, 0.29) is 11.1 Å². The van der Waals surface area contributed by atoms with Crippen LogP contribution in [0.15, 0.2) is 18.2 Å². The lowest BCUT2D eigenvalue weighted by molar-refractivity contribution is -0.137. The summed E-state index contributed by atoms with van der Waals surface area (Å²) in [6.45, 7) is 4.38. The summed E-state index contributed by atoms with van der Waals surface area (Å²) in [5, 5.41) is 2.97. The summed E-state index contributed by atoms with van der Waals surface area (Å²) in [6.07, 6.45) is -1.24. The van der Waals surface area contributed by atoms with Crippen LogP contribution in [0.2, 0.25) is 5.02 Å². The zero-order chi connectivity index (χ0) is 14.9. The van der Waals surface area contributed by atoms with E-state index in [0.717, 1.165) is 18.9 Å². The Labute approximate surface area is 122 Å². The van der Waals surface area contributed by atoms with E-state index in [4.69, 9.17) is 11.6 Å². The summed E-state index contributed by atoms with van der Waals surface area (Å²) >= 11 is 5.62. The van der Waals surface area contributed by atoms with Crippen LogP contribution >= 0.6 is 11.6 Å². The number of nitrogens with one attached hydrogen (secondary N) is 1. The van der Waals surface area contributed by atoms with Crippen molar-refractivity contribution in [1.29, 1.82) is 0 Å². The number of benzene rings is 1. The normalized spacial score (nSPS) is 27.4. The summed E-state index contributed by atoms with van der Waals surface area (Å²) < 4.78 is 38.5. The van der Waals surface area contributed by atoms with Crippen LogP contribution in [0, 0.1) is 11.8 Å². The number of halogens is 4. The second-order valence-corrected chi connectivity index (χ2v) is 6.36. The Morgan fingerprint density at radius 1 is 1.10 bits per heavy atom. The van der Waals surface area contributed by atoms with Gasteiger partial charge in [0.25, 0.3) is 0 Å². The molecule has 1 saturated carbocycles. The molecule has 2 rings (SSSR count). The number of alkyl halides is 3. The molecular formula is C15H19ClF3N. The first kappa shape index (κ1) is 15.5. The third kappa shape index (κ3) is 3.81. The fourth-order valence-corrected chi connectivity index (χ4v) is 3.36. The van der Waals surface area contributed by atoms with E-state index in [9.17, 15) is 13.2 Å². The summed E-state index contributed by atoms with van der Waals surface area (Å²) in [7, 11) is 0. The molecule has 20 heavy (non-hydrogen) atoms. The number of hydrogen-bond donors (Lipinski definition) is 1. The highest BCUT2D eigenvalue weighted by molar-refractivity contribution is 6.31. The number of rotatable bonds is 2. The maximum absolute atomic E-state index is 12.8. The van der Waals surface area contributed by atoms with Crippen molar-refractivity contribution in [2.45, 2.75) is 45.3 Å². The van der Waals surface area contributed by atoms with E-state index in [0.29, 0.717) is 17.5 Å². The molecule has 0 aromatic heterocycles. The van der Waals surface area contributed by atoms with Gasteiger partial charge in [0.2, 0.25) is 0 Å². The number of anilines is 1. The SMILES string of the molecule is CC1CC(C)CC(Nc2ccc(Cl)c(C(F)(F)F)c2)C1. The Kier molecular flexibility index (Phi) is 4.52. The molecule has 2 atom stereocenters. The van der Waals surface area contributed by atoms with Gasteiger partial charge in [0.15, 0.2) is 0 Å². The van der Waals surface area contributed by atoms with Gasteiger partial charge < -0.3 is 5.32 Å². The van der Waals surface area contributed by atoms with Crippen LogP contribution in [0.25, 0.3) is 0 Å². The van der Waals surface area contributed by atoms with E-state index in [1.165, 1.54) is 12.5 Å². The van der Waals surface area contributed by atoms with Crippen molar-refractivity contribution in [3.63, 3.8) is 0 Å². The molecule has 1 nitrogen and oxygen atoms in total. The van der Waals surface area contributed by atoms with Gasteiger partial charge in [-0.05, 0) is 49.3 Å². The van der Waals surface area contributed by atoms with Crippen molar-refractivity contribution in [3.05, 3.63) is 28.8 Å². The van der Waals surface area contributed by atoms with E-state index in [1.807, 2.05) is 0 Å². The first-order valence-corrected chi connectivity index (χ1v) is 7.26. The van der Waals surface area contributed by atoms with Crippen LogP contribution in [-0.4, -0.2) is 6.04 Å². The Bertz CT molecular complexity index is 463. The van der Waals surface area contributed by atoms with Gasteiger partial charge in [-0.25, -0.2) is 0 Å². The molecule has 0 radical (unpaired) electrons. The lowest BCUT2D eigenvalue weighted by atomic mass is 9.80. The summed E-state index contributed by atoms with van der Waals surface area (Å²) in [6, 6.07) is 4.26. The van der Waals surface area contributed by atoms with Crippen molar-refractivity contribution in [3.8, 4) is 0 Å². The van der Waals surface area contributed by atoms with Gasteiger partial charge in [-0.15, -0.1) is 0 Å². The average molecular weight is 306 g/mol. The smallest absolute Gasteiger partial charge is 0.382 e. The zero-order valence-electron chi connectivity index (χ0n) is 11.6. The lowest BCUT2D eigenvalue weighted by Gasteiger charge is -2.32. The highest BCUT2D eigenvalue weighted by Gasteiger charge is 2.33. The molecule has 1 fully saturated rings. The molecule has 0 spiro atoms. The average Bonchev–Trinajstić information content (AvgIpc) is 2.29. The predicted octanol–water partition coefficient (Wildman–Crippen LogP) is 5.60. The van der Waals surface area contributed by atoms with Crippen LogP contribution in [0.1, 0.15) is 38.7 Å². The molecule has 112 valence electrons. The molecular weight excluding hydrogens is 287 g/mol. The molecule has 1 aromatic carbocycles. The highest BCUT2D eigenvalue weighted by Crippen LogP contribution is 2.37. The Balaban J connectivity index is 2.14. The second kappa shape index (κ2) is 5.84. The van der Waals surface area contributed by atoms with Crippen LogP contribution in [0.3, 0.4) is 0 Å². The molecule has 1 aliphatic carbocycles. The standard InChI is InChI=1S/C15H19ClF3N/c1-9-5-10(2)7-12(6-9)20-11-3-4-14(16)13(8-11)15(17,18)19/h3-4,8-10,12,20H,5-7H2,1-2H3. The molecule has 2 unspecified atom stereocenters. The fraction of sp³-hybridized carbons (Fsp3) is 0.600. The maximum atomic E-state index is 12.8. The van der Waals surface area contributed by atoms with Crippen molar-refractivity contribution in [1.82, 2.24) is 0 Å². The molecule has 0 amide bonds. The minimum absolute atomic E-state index is 0.232. The summed E-state index contributed by atoms with van der Waals surface area (Å²) in [4.78, 5) is 0. The van der Waals surface area contributed by atoms with Gasteiger partial charge >= 0.3 is 6.18 Å². The third-order valence-electron chi connectivity index (χ3n) is 3.82. The Hall–Kier alpha value is -0.900. The molecule has 0 bridgehead atoms. The Morgan fingerprint density at radius 3 is 2.25 bits per heavy atom. The van der Waals surface area contributed by atoms with Crippen molar-refractivity contribution in [2.24, 2.45) is 11.8 Å². The molecule has 5 heteroatoms. The van der Waals surface area contributed by atoms with Crippen LogP contribution in [-0.2, 0) is 6.18 Å². The van der Waals surface area contributed by atoms with Crippen LogP contribution < -0.4 is 5.32 Å². The number of hydrogen-bond acceptors (Lipinski definition) is 1. The summed E-state index contributed by atoms with van der Waals surface area (Å²) in [5.74, 6) is 1.20. The molecule has 0 aliphatic heterocycles. The molecule has 1 N–H and O–H groups in total. The van der Waals surface area contributed by atoms with Crippen molar-refractivity contribution >= 4 is 17.3 Å². The molecule has 0 heterocycles. The topological polar surface area (TPSA) is 12.0 Å². The summed E-state index contributed by atoms with van der Waals surface area (Å²) in [5.41, 5.74) is -0.283. The minimum atomic E-state index is -4.41. The van der Waals surface area contributed by atoms with E-state index in [2.05, 4.69) is 19.2 Å². The first-order chi connectivity index (χ1) is 9.25. The fourth-order valence-electron chi connectivity index (χ4n) is 3.13. The van der Waals surface area contributed by atoms with Crippen molar-refractivity contribution < 1.29 is 13.2 Å². The molecule has 1 aromatic rings. The van der Waals surface area contributed by atoms with Crippen LogP contribution in [0.5, 0.6) is 0 Å². The first-order valence-electron chi connectivity index (χ1n) is 6.89. The van der Waals surface area contributed by atoms with E-state index >= 15 is 0 Å². The van der Waals surface area contributed by atoms with Gasteiger partial charge in [-0.2, -0.15) is 13.2 Å². The van der Waals surface area contributed by atoms with Gasteiger partial charge in [-0.3, -0.25) is 0 Å². The van der Waals surface area contributed by atoms with Crippen molar-refractivity contribution in [2.75, 3.05) is 5.32 Å². The lowest BCUT2D eigenvalue weighted by Crippen LogP contribution is -2.30. The minimum Gasteiger partial charge on any atom is -0.382 e. The predicted molar refractivity (Wildman–Crippen MR) is 76.0 cm³/mol. The monoisotopic (exact) mass is 305 g/mol. The Morgan fingerprint density at radius 2 is 1.70 bits per heavy atom. The van der Waals surface area contributed by atoms with Gasteiger partial charge in [-0.1, -0.05) is 25.4 Å². The van der Waals surface area contributed by atoms with Gasteiger partial charge in [0, 0.05) is 11.7 Å². The highest BCUT2D eigenvalue weighted by atomic mass is 35.5. The van der Waals surface area contributed by atoms with Crippen LogP contribution in [0.4, 0.5) is 18.9 Å². The van der Waals surface area contributed by atoms with E-state index in [1.54, 1.807) is 6.07 Å². The molecule has 0 saturated heterocycles. The largest absolute Gasteiger partial charge is 0.417 e. The van der Waals surface area contributed by atoms with Gasteiger partial charge in [0.05, 0.1) is 10.6 Å². The maximum Gasteiger partial charge on any atom is 0.417 e. The molecule has 1 aliphatic rings. The second-order valence-electron chi connectivity index (χ2n) is 5.95. The van der Waals surface area contributed by atoms with Gasteiger partial charge in [0.1, 0.15) is 0 Å². The van der Waals surface area contributed by atoms with E-state index < -0.39 is 11.7 Å².